The molecule has 0 radical (unpaired) electrons. The van der Waals surface area contributed by atoms with Gasteiger partial charge in [-0.2, -0.15) is 0 Å². The van der Waals surface area contributed by atoms with Crippen LogP contribution in [0.4, 0.5) is 0 Å². The molecular formula is C18H20N2O4S. The second kappa shape index (κ2) is 7.23. The number of allylic oxidation sites excluding steroid dienone is 1. The van der Waals surface area contributed by atoms with E-state index in [2.05, 4.69) is 4.99 Å². The van der Waals surface area contributed by atoms with Gasteiger partial charge < -0.3 is 9.15 Å². The maximum absolute atomic E-state index is 12.8. The summed E-state index contributed by atoms with van der Waals surface area (Å²) >= 11 is 1.30. The van der Waals surface area contributed by atoms with Gasteiger partial charge in [-0.3, -0.25) is 9.36 Å². The van der Waals surface area contributed by atoms with Gasteiger partial charge in [-0.15, -0.1) is 0 Å². The SMILES string of the molecule is CCC[C@@H]1N=c2s/c(=C/c3ccco3)c(=O)n2C(C)=C1C(=O)OCC. The minimum absolute atomic E-state index is 0.200. The van der Waals surface area contributed by atoms with Crippen molar-refractivity contribution in [1.29, 1.82) is 0 Å². The van der Waals surface area contributed by atoms with Crippen LogP contribution in [0, 0.1) is 0 Å². The maximum atomic E-state index is 12.8. The Morgan fingerprint density at radius 2 is 2.28 bits per heavy atom. The Hall–Kier alpha value is -2.41. The number of nitrogens with zero attached hydrogens (tertiary/aromatic N) is 2. The molecule has 7 heteroatoms. The van der Waals surface area contributed by atoms with Gasteiger partial charge in [-0.25, -0.2) is 9.79 Å². The van der Waals surface area contributed by atoms with E-state index in [4.69, 9.17) is 9.15 Å². The monoisotopic (exact) mass is 360 g/mol. The number of hydrogen-bond donors (Lipinski definition) is 0. The smallest absolute Gasteiger partial charge is 0.337 e. The summed E-state index contributed by atoms with van der Waals surface area (Å²) in [5, 5.41) is 0. The van der Waals surface area contributed by atoms with Crippen molar-refractivity contribution in [3.05, 3.63) is 49.4 Å². The summed E-state index contributed by atoms with van der Waals surface area (Å²) < 4.78 is 12.5. The average molecular weight is 360 g/mol. The van der Waals surface area contributed by atoms with E-state index < -0.39 is 5.97 Å². The zero-order valence-electron chi connectivity index (χ0n) is 14.4. The Kier molecular flexibility index (Phi) is 5.03. The van der Waals surface area contributed by atoms with Crippen LogP contribution in [0.25, 0.3) is 11.8 Å². The van der Waals surface area contributed by atoms with Crippen LogP contribution in [-0.4, -0.2) is 23.2 Å². The van der Waals surface area contributed by atoms with E-state index in [-0.39, 0.29) is 18.2 Å². The molecule has 6 nitrogen and oxygen atoms in total. The molecule has 2 aromatic rings. The fraction of sp³-hybridized carbons (Fsp3) is 0.389. The molecule has 0 unspecified atom stereocenters. The summed E-state index contributed by atoms with van der Waals surface area (Å²) in [5.74, 6) is 0.205. The minimum atomic E-state index is -0.400. The first-order valence-corrected chi connectivity index (χ1v) is 9.11. The molecule has 0 saturated carbocycles. The molecule has 0 N–H and O–H groups in total. The number of ether oxygens (including phenoxy) is 1. The van der Waals surface area contributed by atoms with E-state index in [0.717, 1.165) is 12.8 Å². The van der Waals surface area contributed by atoms with Gasteiger partial charge in [0.15, 0.2) is 4.80 Å². The van der Waals surface area contributed by atoms with Crippen LogP contribution in [0.2, 0.25) is 0 Å². The molecule has 0 aromatic carbocycles. The van der Waals surface area contributed by atoms with Crippen molar-refractivity contribution < 1.29 is 13.9 Å². The molecule has 1 aliphatic heterocycles. The number of aromatic nitrogens is 1. The molecule has 3 heterocycles. The van der Waals surface area contributed by atoms with Gasteiger partial charge in [0.05, 0.1) is 24.5 Å². The summed E-state index contributed by atoms with van der Waals surface area (Å²) in [5.41, 5.74) is 0.872. The molecule has 0 amide bonds. The highest BCUT2D eigenvalue weighted by Gasteiger charge is 2.29. The number of rotatable bonds is 5. The highest BCUT2D eigenvalue weighted by molar-refractivity contribution is 7.07. The van der Waals surface area contributed by atoms with Gasteiger partial charge >= 0.3 is 5.97 Å². The average Bonchev–Trinajstić information content (AvgIpc) is 3.17. The van der Waals surface area contributed by atoms with E-state index in [1.165, 1.54) is 15.9 Å². The largest absolute Gasteiger partial charge is 0.465 e. The topological polar surface area (TPSA) is 73.8 Å². The Morgan fingerprint density at radius 3 is 2.92 bits per heavy atom. The Morgan fingerprint density at radius 1 is 1.48 bits per heavy atom. The van der Waals surface area contributed by atoms with Crippen molar-refractivity contribution in [3.63, 3.8) is 0 Å². The summed E-state index contributed by atoms with van der Waals surface area (Å²) in [7, 11) is 0. The lowest BCUT2D eigenvalue weighted by molar-refractivity contribution is -0.138. The van der Waals surface area contributed by atoms with Crippen molar-refractivity contribution in [2.75, 3.05) is 6.61 Å². The second-order valence-corrected chi connectivity index (χ2v) is 6.71. The first kappa shape index (κ1) is 17.4. The number of thiazole rings is 1. The lowest BCUT2D eigenvalue weighted by atomic mass is 10.00. The van der Waals surface area contributed by atoms with Crippen molar-refractivity contribution in [1.82, 2.24) is 4.57 Å². The summed E-state index contributed by atoms with van der Waals surface area (Å²) in [6.45, 7) is 5.87. The lowest BCUT2D eigenvalue weighted by Gasteiger charge is -2.21. The van der Waals surface area contributed by atoms with Gasteiger partial charge in [0.2, 0.25) is 0 Å². The zero-order valence-corrected chi connectivity index (χ0v) is 15.3. The third-order valence-electron chi connectivity index (χ3n) is 4.01. The molecule has 3 rings (SSSR count). The number of carbonyl (C=O) groups is 1. The van der Waals surface area contributed by atoms with Crippen LogP contribution in [-0.2, 0) is 9.53 Å². The first-order valence-electron chi connectivity index (χ1n) is 8.30. The van der Waals surface area contributed by atoms with E-state index in [1.54, 1.807) is 38.3 Å². The van der Waals surface area contributed by atoms with E-state index in [0.29, 0.717) is 26.4 Å². The number of furan rings is 1. The third kappa shape index (κ3) is 3.24. The molecule has 0 fully saturated rings. The maximum Gasteiger partial charge on any atom is 0.337 e. The molecule has 25 heavy (non-hydrogen) atoms. The predicted octanol–water partition coefficient (Wildman–Crippen LogP) is 1.93. The summed E-state index contributed by atoms with van der Waals surface area (Å²) in [4.78, 5) is 30.5. The van der Waals surface area contributed by atoms with E-state index in [9.17, 15) is 9.59 Å². The molecule has 0 bridgehead atoms. The van der Waals surface area contributed by atoms with Gasteiger partial charge in [0, 0.05) is 11.8 Å². The number of carbonyl (C=O) groups excluding carboxylic acids is 1. The zero-order chi connectivity index (χ0) is 18.0. The van der Waals surface area contributed by atoms with E-state index in [1.807, 2.05) is 6.92 Å². The van der Waals surface area contributed by atoms with Crippen molar-refractivity contribution in [2.45, 2.75) is 39.7 Å². The van der Waals surface area contributed by atoms with Gasteiger partial charge in [-0.1, -0.05) is 24.7 Å². The molecule has 0 spiro atoms. The van der Waals surface area contributed by atoms with Crippen LogP contribution >= 0.6 is 11.3 Å². The normalized spacial score (nSPS) is 17.4. The molecule has 132 valence electrons. The quantitative estimate of drug-likeness (QED) is 0.764. The molecule has 1 atom stereocenters. The Labute approximate surface area is 148 Å². The highest BCUT2D eigenvalue weighted by Crippen LogP contribution is 2.22. The summed E-state index contributed by atoms with van der Waals surface area (Å²) in [6.07, 6.45) is 4.86. The third-order valence-corrected chi connectivity index (χ3v) is 4.99. The Balaban J connectivity index is 2.20. The standard InChI is InChI=1S/C18H20N2O4S/c1-4-7-13-15(17(22)23-5-2)11(3)20-16(21)14(25-18(20)19-13)10-12-8-6-9-24-12/h6,8-10,13H,4-5,7H2,1-3H3/b14-10+/t13-/m0/s1. The molecule has 0 aliphatic carbocycles. The molecule has 0 saturated heterocycles. The first-order chi connectivity index (χ1) is 12.1. The van der Waals surface area contributed by atoms with E-state index >= 15 is 0 Å². The Bertz CT molecular complexity index is 979. The summed E-state index contributed by atoms with van der Waals surface area (Å²) in [6, 6.07) is 3.27. The van der Waals surface area contributed by atoms with Crippen LogP contribution in [0.15, 0.2) is 38.2 Å². The van der Waals surface area contributed by atoms with Crippen molar-refractivity contribution >= 4 is 29.1 Å². The number of esters is 1. The van der Waals surface area contributed by atoms with Crippen LogP contribution in [0.5, 0.6) is 0 Å². The van der Waals surface area contributed by atoms with Crippen molar-refractivity contribution in [2.24, 2.45) is 4.99 Å². The number of hydrogen-bond acceptors (Lipinski definition) is 6. The highest BCUT2D eigenvalue weighted by atomic mass is 32.1. The molecular weight excluding hydrogens is 340 g/mol. The molecule has 2 aromatic heterocycles. The van der Waals surface area contributed by atoms with Crippen LogP contribution in [0.3, 0.4) is 0 Å². The second-order valence-electron chi connectivity index (χ2n) is 5.70. The van der Waals surface area contributed by atoms with Gasteiger partial charge in [-0.05, 0) is 32.4 Å². The van der Waals surface area contributed by atoms with Gasteiger partial charge in [0.1, 0.15) is 10.3 Å². The predicted molar refractivity (Wildman–Crippen MR) is 95.9 cm³/mol. The van der Waals surface area contributed by atoms with Crippen molar-refractivity contribution in [3.8, 4) is 0 Å². The minimum Gasteiger partial charge on any atom is -0.465 e. The van der Waals surface area contributed by atoms with Gasteiger partial charge in [0.25, 0.3) is 5.56 Å². The lowest BCUT2D eigenvalue weighted by Crippen LogP contribution is -2.37. The van der Waals surface area contributed by atoms with Crippen LogP contribution < -0.4 is 14.9 Å². The van der Waals surface area contributed by atoms with Crippen LogP contribution in [0.1, 0.15) is 39.4 Å². The fourth-order valence-electron chi connectivity index (χ4n) is 2.89. The fourth-order valence-corrected chi connectivity index (χ4v) is 3.93. The number of fused-ring (bicyclic) bond motifs is 1. The molecule has 1 aliphatic rings.